The van der Waals surface area contributed by atoms with Crippen LogP contribution in [0.2, 0.25) is 0 Å². The van der Waals surface area contributed by atoms with Gasteiger partial charge in [0.15, 0.2) is 0 Å². The highest BCUT2D eigenvalue weighted by Crippen LogP contribution is 2.09. The molecular formula is C28H27N5O4. The second-order valence-corrected chi connectivity index (χ2v) is 8.39. The van der Waals surface area contributed by atoms with E-state index in [4.69, 9.17) is 4.74 Å². The van der Waals surface area contributed by atoms with E-state index in [0.717, 1.165) is 15.8 Å². The number of nitrogens with zero attached hydrogens (tertiary/aromatic N) is 3. The summed E-state index contributed by atoms with van der Waals surface area (Å²) in [7, 11) is 0. The van der Waals surface area contributed by atoms with Crippen molar-refractivity contribution >= 4 is 17.9 Å². The van der Waals surface area contributed by atoms with E-state index in [9.17, 15) is 14.4 Å². The molecule has 4 aromatic rings. The fourth-order valence-electron chi connectivity index (χ4n) is 3.76. The minimum Gasteiger partial charge on any atom is -0.462 e. The lowest BCUT2D eigenvalue weighted by Gasteiger charge is -2.22. The van der Waals surface area contributed by atoms with Gasteiger partial charge in [-0.25, -0.2) is 14.6 Å². The van der Waals surface area contributed by atoms with Gasteiger partial charge in [0.2, 0.25) is 0 Å². The molecule has 37 heavy (non-hydrogen) atoms. The molecule has 0 aliphatic heterocycles. The predicted octanol–water partition coefficient (Wildman–Crippen LogP) is 3.03. The lowest BCUT2D eigenvalue weighted by Crippen LogP contribution is -2.47. The molecular weight excluding hydrogens is 470 g/mol. The fraction of sp³-hybridized carbons (Fsp3) is 0.179. The van der Waals surface area contributed by atoms with Gasteiger partial charge in [-0.3, -0.25) is 4.79 Å². The Hall–Kier alpha value is -4.79. The largest absolute Gasteiger partial charge is 0.462 e. The molecule has 0 saturated carbocycles. The van der Waals surface area contributed by atoms with Crippen LogP contribution in [0.4, 0.5) is 4.79 Å². The monoisotopic (exact) mass is 497 g/mol. The van der Waals surface area contributed by atoms with Gasteiger partial charge in [-0.15, -0.1) is 0 Å². The Morgan fingerprint density at radius 1 is 0.784 bits per heavy atom. The quantitative estimate of drug-likeness (QED) is 0.326. The Balaban J connectivity index is 1.46. The third kappa shape index (κ3) is 7.60. The van der Waals surface area contributed by atoms with Crippen LogP contribution < -0.4 is 10.6 Å². The molecule has 2 amide bonds. The maximum atomic E-state index is 13.2. The highest BCUT2D eigenvalue weighted by atomic mass is 16.5. The van der Waals surface area contributed by atoms with Gasteiger partial charge in [0, 0.05) is 12.0 Å². The maximum absolute atomic E-state index is 13.2. The molecule has 0 fully saturated rings. The number of carbonyl (C=O) groups is 3. The molecule has 2 N–H and O–H groups in total. The van der Waals surface area contributed by atoms with E-state index >= 15 is 0 Å². The zero-order chi connectivity index (χ0) is 25.9. The predicted molar refractivity (Wildman–Crippen MR) is 137 cm³/mol. The number of nitrogens with one attached hydrogen (secondary N) is 2. The smallest absolute Gasteiger partial charge is 0.344 e. The zero-order valence-corrected chi connectivity index (χ0v) is 20.1. The number of esters is 1. The van der Waals surface area contributed by atoms with Crippen LogP contribution in [0, 0.1) is 0 Å². The normalized spacial score (nSPS) is 12.2. The Labute approximate surface area is 214 Å². The van der Waals surface area contributed by atoms with E-state index in [0.29, 0.717) is 12.0 Å². The summed E-state index contributed by atoms with van der Waals surface area (Å²) in [6, 6.07) is 25.7. The van der Waals surface area contributed by atoms with Gasteiger partial charge in [-0.1, -0.05) is 78.9 Å². The van der Waals surface area contributed by atoms with Crippen molar-refractivity contribution in [3.63, 3.8) is 0 Å². The van der Waals surface area contributed by atoms with Crippen LogP contribution in [0.5, 0.6) is 0 Å². The van der Waals surface area contributed by atoms with Crippen molar-refractivity contribution in [2.24, 2.45) is 0 Å². The molecule has 188 valence electrons. The van der Waals surface area contributed by atoms with Crippen LogP contribution in [0.15, 0.2) is 104 Å². The lowest BCUT2D eigenvalue weighted by molar-refractivity contribution is -0.146. The SMILES string of the molecule is O=C(N[C@@H](COC(=O)[C@@H](Cc1ccccc1)NC(=O)n1cncn1)Cc1ccccc1)c1ccccc1. The molecule has 2 atom stereocenters. The topological polar surface area (TPSA) is 115 Å². The standard InChI is InChI=1S/C28H27N5O4/c34-26(23-14-8-3-9-15-23)31-24(16-21-10-4-1-5-11-21)18-37-27(35)25(17-22-12-6-2-7-13-22)32-28(36)33-20-29-19-30-33/h1-15,19-20,24-25H,16-18H2,(H,31,34)(H,32,36)/t24-,25-/m1/s1. The van der Waals surface area contributed by atoms with Crippen molar-refractivity contribution in [3.05, 3.63) is 120 Å². The molecule has 0 aliphatic rings. The molecule has 9 heteroatoms. The number of carbonyl (C=O) groups excluding carboxylic acids is 3. The summed E-state index contributed by atoms with van der Waals surface area (Å²) in [5.41, 5.74) is 2.34. The first kappa shape index (κ1) is 25.3. The third-order valence-corrected chi connectivity index (χ3v) is 5.61. The minimum atomic E-state index is -0.971. The van der Waals surface area contributed by atoms with Crippen LogP contribution in [0.3, 0.4) is 0 Å². The van der Waals surface area contributed by atoms with E-state index in [1.165, 1.54) is 12.7 Å². The highest BCUT2D eigenvalue weighted by molar-refractivity contribution is 5.94. The Morgan fingerprint density at radius 3 is 1.97 bits per heavy atom. The van der Waals surface area contributed by atoms with E-state index < -0.39 is 24.1 Å². The van der Waals surface area contributed by atoms with Gasteiger partial charge >= 0.3 is 12.0 Å². The van der Waals surface area contributed by atoms with Crippen LogP contribution in [-0.2, 0) is 22.4 Å². The first-order chi connectivity index (χ1) is 18.1. The Kier molecular flexibility index (Phi) is 8.74. The number of aromatic nitrogens is 3. The Bertz CT molecular complexity index is 1280. The first-order valence-corrected chi connectivity index (χ1v) is 11.8. The van der Waals surface area contributed by atoms with Gasteiger partial charge in [0.05, 0.1) is 6.04 Å². The summed E-state index contributed by atoms with van der Waals surface area (Å²) in [6.45, 7) is -0.0726. The molecule has 0 aliphatic carbocycles. The second-order valence-electron chi connectivity index (χ2n) is 8.39. The summed E-state index contributed by atoms with van der Waals surface area (Å²) in [4.78, 5) is 42.3. The average Bonchev–Trinajstić information content (AvgIpc) is 3.48. The molecule has 0 radical (unpaired) electrons. The molecule has 4 rings (SSSR count). The summed E-state index contributed by atoms with van der Waals surface area (Å²) < 4.78 is 6.66. The lowest BCUT2D eigenvalue weighted by atomic mass is 10.1. The zero-order valence-electron chi connectivity index (χ0n) is 20.1. The van der Waals surface area contributed by atoms with Gasteiger partial charge in [-0.05, 0) is 29.7 Å². The van der Waals surface area contributed by atoms with E-state index in [-0.39, 0.29) is 18.9 Å². The number of hydrogen-bond donors (Lipinski definition) is 2. The van der Waals surface area contributed by atoms with Crippen LogP contribution in [0.1, 0.15) is 21.5 Å². The highest BCUT2D eigenvalue weighted by Gasteiger charge is 2.25. The van der Waals surface area contributed by atoms with Gasteiger partial charge in [0.1, 0.15) is 25.3 Å². The first-order valence-electron chi connectivity index (χ1n) is 11.8. The molecule has 1 aromatic heterocycles. The van der Waals surface area contributed by atoms with E-state index in [1.807, 2.05) is 66.7 Å². The fourth-order valence-corrected chi connectivity index (χ4v) is 3.76. The van der Waals surface area contributed by atoms with Crippen LogP contribution in [0.25, 0.3) is 0 Å². The van der Waals surface area contributed by atoms with Crippen molar-refractivity contribution in [1.29, 1.82) is 0 Å². The van der Waals surface area contributed by atoms with Crippen LogP contribution >= 0.6 is 0 Å². The molecule has 3 aromatic carbocycles. The van der Waals surface area contributed by atoms with Crippen molar-refractivity contribution in [3.8, 4) is 0 Å². The summed E-state index contributed by atoms with van der Waals surface area (Å²) in [5, 5.41) is 9.44. The van der Waals surface area contributed by atoms with Gasteiger partial charge in [0.25, 0.3) is 5.91 Å². The van der Waals surface area contributed by atoms with Crippen molar-refractivity contribution < 1.29 is 19.1 Å². The molecule has 1 heterocycles. The summed E-state index contributed by atoms with van der Waals surface area (Å²) in [6.07, 6.45) is 3.16. The summed E-state index contributed by atoms with van der Waals surface area (Å²) in [5.74, 6) is -0.887. The van der Waals surface area contributed by atoms with Crippen molar-refractivity contribution in [2.75, 3.05) is 6.61 Å². The molecule has 0 bridgehead atoms. The van der Waals surface area contributed by atoms with E-state index in [2.05, 4.69) is 20.7 Å². The number of rotatable bonds is 10. The minimum absolute atomic E-state index is 0.0726. The molecule has 0 unspecified atom stereocenters. The Morgan fingerprint density at radius 2 is 1.38 bits per heavy atom. The number of benzene rings is 3. The van der Waals surface area contributed by atoms with Crippen molar-refractivity contribution in [1.82, 2.24) is 25.4 Å². The van der Waals surface area contributed by atoms with E-state index in [1.54, 1.807) is 24.3 Å². The third-order valence-electron chi connectivity index (χ3n) is 5.61. The van der Waals surface area contributed by atoms with Gasteiger partial charge < -0.3 is 15.4 Å². The summed E-state index contributed by atoms with van der Waals surface area (Å²) >= 11 is 0. The number of amides is 2. The molecule has 9 nitrogen and oxygen atoms in total. The van der Waals surface area contributed by atoms with Crippen LogP contribution in [-0.4, -0.2) is 51.4 Å². The number of hydrogen-bond acceptors (Lipinski definition) is 6. The average molecular weight is 498 g/mol. The van der Waals surface area contributed by atoms with Crippen molar-refractivity contribution in [2.45, 2.75) is 24.9 Å². The molecule has 0 spiro atoms. The number of ether oxygens (including phenoxy) is 1. The second kappa shape index (κ2) is 12.8. The maximum Gasteiger partial charge on any atom is 0.344 e. The molecule has 0 saturated heterocycles. The van der Waals surface area contributed by atoms with Gasteiger partial charge in [-0.2, -0.15) is 9.78 Å².